The fraction of sp³-hybridized carbons (Fsp3) is 0.381. The van der Waals surface area contributed by atoms with Crippen LogP contribution in [0.25, 0.3) is 0 Å². The maximum Gasteiger partial charge on any atom is 0.227 e. The van der Waals surface area contributed by atoms with Crippen LogP contribution in [0.4, 0.5) is 10.1 Å². The number of hydrogen-bond acceptors (Lipinski definition) is 2. The molecule has 2 aromatic rings. The van der Waals surface area contributed by atoms with E-state index in [1.165, 1.54) is 17.2 Å². The minimum absolute atomic E-state index is 0.00271. The third-order valence-electron chi connectivity index (χ3n) is 5.14. The maximum absolute atomic E-state index is 13.9. The topological polar surface area (TPSA) is 32.3 Å². The van der Waals surface area contributed by atoms with Crippen LogP contribution in [-0.2, 0) is 11.3 Å². The van der Waals surface area contributed by atoms with Gasteiger partial charge in [0.15, 0.2) is 0 Å². The molecule has 1 saturated heterocycles. The van der Waals surface area contributed by atoms with Crippen molar-refractivity contribution in [2.45, 2.75) is 33.2 Å². The summed E-state index contributed by atoms with van der Waals surface area (Å²) >= 11 is 5.80. The fourth-order valence-electron chi connectivity index (χ4n) is 3.31. The molecule has 2 aromatic carbocycles. The van der Waals surface area contributed by atoms with Gasteiger partial charge in [-0.25, -0.2) is 4.39 Å². The van der Waals surface area contributed by atoms with Crippen molar-refractivity contribution in [3.63, 3.8) is 0 Å². The van der Waals surface area contributed by atoms with Crippen LogP contribution in [0, 0.1) is 25.6 Å². The first-order valence-corrected chi connectivity index (χ1v) is 9.34. The van der Waals surface area contributed by atoms with Crippen molar-refractivity contribution in [3.05, 3.63) is 63.9 Å². The minimum Gasteiger partial charge on any atom is -0.326 e. The van der Waals surface area contributed by atoms with Crippen molar-refractivity contribution < 1.29 is 9.18 Å². The molecule has 1 N–H and O–H groups in total. The molecule has 0 bridgehead atoms. The lowest BCUT2D eigenvalue weighted by atomic mass is 9.95. The van der Waals surface area contributed by atoms with Crippen LogP contribution in [0.3, 0.4) is 0 Å². The van der Waals surface area contributed by atoms with Crippen LogP contribution < -0.4 is 5.32 Å². The van der Waals surface area contributed by atoms with Crippen molar-refractivity contribution in [1.29, 1.82) is 0 Å². The van der Waals surface area contributed by atoms with Crippen molar-refractivity contribution in [2.24, 2.45) is 5.92 Å². The number of nitrogens with zero attached hydrogens (tertiary/aromatic N) is 1. The first kappa shape index (κ1) is 18.9. The molecular weight excluding hydrogens is 351 g/mol. The number of carbonyl (C=O) groups is 1. The molecule has 0 unspecified atom stereocenters. The van der Waals surface area contributed by atoms with E-state index in [2.05, 4.69) is 17.1 Å². The molecule has 26 heavy (non-hydrogen) atoms. The second kappa shape index (κ2) is 8.19. The Morgan fingerprint density at radius 1 is 1.15 bits per heavy atom. The Hall–Kier alpha value is -1.91. The van der Waals surface area contributed by atoms with Gasteiger partial charge in [-0.05, 0) is 75.2 Å². The summed E-state index contributed by atoms with van der Waals surface area (Å²) in [7, 11) is 0. The Balaban J connectivity index is 1.52. The lowest BCUT2D eigenvalue weighted by molar-refractivity contribution is -0.121. The average molecular weight is 375 g/mol. The molecule has 0 saturated carbocycles. The number of benzene rings is 2. The zero-order valence-corrected chi connectivity index (χ0v) is 15.9. The predicted octanol–water partition coefficient (Wildman–Crippen LogP) is 4.95. The highest BCUT2D eigenvalue weighted by atomic mass is 35.5. The number of amides is 1. The average Bonchev–Trinajstić information content (AvgIpc) is 2.61. The highest BCUT2D eigenvalue weighted by molar-refractivity contribution is 6.30. The first-order valence-electron chi connectivity index (χ1n) is 8.97. The predicted molar refractivity (Wildman–Crippen MR) is 104 cm³/mol. The van der Waals surface area contributed by atoms with Crippen LogP contribution in [-0.4, -0.2) is 23.9 Å². The maximum atomic E-state index is 13.9. The van der Waals surface area contributed by atoms with Gasteiger partial charge >= 0.3 is 0 Å². The summed E-state index contributed by atoms with van der Waals surface area (Å²) in [5, 5.41) is 3.44. The molecule has 0 radical (unpaired) electrons. The third kappa shape index (κ3) is 4.63. The molecule has 1 fully saturated rings. The highest BCUT2D eigenvalue weighted by Gasteiger charge is 2.25. The second-order valence-corrected chi connectivity index (χ2v) is 7.51. The monoisotopic (exact) mass is 374 g/mol. The fourth-order valence-corrected chi connectivity index (χ4v) is 3.47. The van der Waals surface area contributed by atoms with Crippen molar-refractivity contribution in [1.82, 2.24) is 4.90 Å². The molecule has 0 aliphatic carbocycles. The van der Waals surface area contributed by atoms with E-state index in [0.29, 0.717) is 17.1 Å². The van der Waals surface area contributed by atoms with Crippen LogP contribution >= 0.6 is 11.6 Å². The van der Waals surface area contributed by atoms with Crippen molar-refractivity contribution in [3.8, 4) is 0 Å². The van der Waals surface area contributed by atoms with E-state index in [1.807, 2.05) is 25.1 Å². The molecule has 0 spiro atoms. The van der Waals surface area contributed by atoms with Gasteiger partial charge in [-0.2, -0.15) is 0 Å². The Bertz CT molecular complexity index is 801. The van der Waals surface area contributed by atoms with Gasteiger partial charge in [0.25, 0.3) is 0 Å². The zero-order valence-electron chi connectivity index (χ0n) is 15.2. The molecule has 1 heterocycles. The number of nitrogens with one attached hydrogen (secondary N) is 1. The SMILES string of the molecule is Cc1ccc(NC(=O)C2CCN(Cc3ccc(Cl)cc3F)CC2)cc1C. The molecule has 1 aliphatic heterocycles. The van der Waals surface area contributed by atoms with E-state index in [0.717, 1.165) is 31.6 Å². The number of likely N-dealkylation sites (tertiary alicyclic amines) is 1. The van der Waals surface area contributed by atoms with Gasteiger partial charge in [0.05, 0.1) is 0 Å². The smallest absolute Gasteiger partial charge is 0.227 e. The van der Waals surface area contributed by atoms with Crippen LogP contribution in [0.5, 0.6) is 0 Å². The van der Waals surface area contributed by atoms with Gasteiger partial charge in [-0.3, -0.25) is 9.69 Å². The van der Waals surface area contributed by atoms with E-state index in [-0.39, 0.29) is 17.6 Å². The minimum atomic E-state index is -0.271. The summed E-state index contributed by atoms with van der Waals surface area (Å²) in [5.74, 6) is -0.194. The normalized spacial score (nSPS) is 15.8. The molecule has 1 aliphatic rings. The lowest BCUT2D eigenvalue weighted by Gasteiger charge is -2.31. The molecular formula is C21H24ClFN2O. The Kier molecular flexibility index (Phi) is 5.94. The molecule has 1 amide bonds. The van der Waals surface area contributed by atoms with Crippen molar-refractivity contribution in [2.75, 3.05) is 18.4 Å². The summed E-state index contributed by atoms with van der Waals surface area (Å²) in [5.41, 5.74) is 3.88. The summed E-state index contributed by atoms with van der Waals surface area (Å²) in [6.45, 7) is 6.22. The van der Waals surface area contributed by atoms with E-state index < -0.39 is 0 Å². The standard InChI is InChI=1S/C21H24ClFN2O/c1-14-3-6-19(11-15(14)2)24-21(26)16-7-9-25(10-8-16)13-17-4-5-18(22)12-20(17)23/h3-6,11-12,16H,7-10,13H2,1-2H3,(H,24,26). The number of rotatable bonds is 4. The van der Waals surface area contributed by atoms with Gasteiger partial charge in [0, 0.05) is 28.7 Å². The van der Waals surface area contributed by atoms with Gasteiger partial charge in [-0.1, -0.05) is 23.7 Å². The Morgan fingerprint density at radius 2 is 1.88 bits per heavy atom. The highest BCUT2D eigenvalue weighted by Crippen LogP contribution is 2.23. The van der Waals surface area contributed by atoms with E-state index >= 15 is 0 Å². The van der Waals surface area contributed by atoms with Crippen LogP contribution in [0.1, 0.15) is 29.5 Å². The largest absolute Gasteiger partial charge is 0.326 e. The van der Waals surface area contributed by atoms with E-state index in [9.17, 15) is 9.18 Å². The molecule has 3 rings (SSSR count). The summed E-state index contributed by atoms with van der Waals surface area (Å²) in [4.78, 5) is 14.7. The Morgan fingerprint density at radius 3 is 2.54 bits per heavy atom. The Labute approximate surface area is 159 Å². The van der Waals surface area contributed by atoms with Gasteiger partial charge < -0.3 is 5.32 Å². The molecule has 3 nitrogen and oxygen atoms in total. The van der Waals surface area contributed by atoms with Crippen LogP contribution in [0.2, 0.25) is 5.02 Å². The van der Waals surface area contributed by atoms with E-state index in [1.54, 1.807) is 12.1 Å². The van der Waals surface area contributed by atoms with Crippen LogP contribution in [0.15, 0.2) is 36.4 Å². The zero-order chi connectivity index (χ0) is 18.7. The van der Waals surface area contributed by atoms with Gasteiger partial charge in [0.2, 0.25) is 5.91 Å². The number of aryl methyl sites for hydroxylation is 2. The summed E-state index contributed by atoms with van der Waals surface area (Å²) in [6.07, 6.45) is 1.57. The number of hydrogen-bond donors (Lipinski definition) is 1. The molecule has 0 atom stereocenters. The lowest BCUT2D eigenvalue weighted by Crippen LogP contribution is -2.37. The molecule has 0 aromatic heterocycles. The van der Waals surface area contributed by atoms with Gasteiger partial charge in [-0.15, -0.1) is 0 Å². The molecule has 138 valence electrons. The third-order valence-corrected chi connectivity index (χ3v) is 5.38. The van der Waals surface area contributed by atoms with Gasteiger partial charge in [0.1, 0.15) is 5.82 Å². The second-order valence-electron chi connectivity index (χ2n) is 7.07. The quantitative estimate of drug-likeness (QED) is 0.821. The summed E-state index contributed by atoms with van der Waals surface area (Å²) in [6, 6.07) is 10.8. The number of anilines is 1. The number of halogens is 2. The summed E-state index contributed by atoms with van der Waals surface area (Å²) < 4.78 is 13.9. The number of carbonyl (C=O) groups excluding carboxylic acids is 1. The first-order chi connectivity index (χ1) is 12.4. The van der Waals surface area contributed by atoms with Crippen molar-refractivity contribution >= 4 is 23.2 Å². The number of piperidine rings is 1. The molecule has 5 heteroatoms. The van der Waals surface area contributed by atoms with E-state index in [4.69, 9.17) is 11.6 Å².